The van der Waals surface area contributed by atoms with E-state index in [0.717, 1.165) is 18.2 Å². The fraction of sp³-hybridized carbons (Fsp3) is 0.364. The molecule has 1 rings (SSSR count). The summed E-state index contributed by atoms with van der Waals surface area (Å²) in [7, 11) is 1.53. The van der Waals surface area contributed by atoms with Gasteiger partial charge in [-0.1, -0.05) is 0 Å². The van der Waals surface area contributed by atoms with Crippen molar-refractivity contribution in [2.24, 2.45) is 0 Å². The van der Waals surface area contributed by atoms with Crippen molar-refractivity contribution in [3.63, 3.8) is 0 Å². The maximum Gasteiger partial charge on any atom is 0.274 e. The first-order chi connectivity index (χ1) is 8.54. The van der Waals surface area contributed by atoms with E-state index in [2.05, 4.69) is 10.6 Å². The molecule has 0 saturated heterocycles. The molecule has 0 spiro atoms. The maximum absolute atomic E-state index is 13.0. The van der Waals surface area contributed by atoms with Crippen LogP contribution in [0.1, 0.15) is 12.0 Å². The number of hydrogen-bond acceptors (Lipinski definition) is 4. The van der Waals surface area contributed by atoms with E-state index in [1.165, 1.54) is 7.05 Å². The third-order valence-corrected chi connectivity index (χ3v) is 2.36. The number of hydrogen-bond donors (Lipinski definition) is 2. The van der Waals surface area contributed by atoms with Crippen molar-refractivity contribution < 1.29 is 14.1 Å². The molecule has 1 aromatic rings. The van der Waals surface area contributed by atoms with Crippen LogP contribution in [0.4, 0.5) is 10.1 Å². The predicted molar refractivity (Wildman–Crippen MR) is 63.4 cm³/mol. The number of halogens is 1. The minimum Gasteiger partial charge on any atom is -0.359 e. The van der Waals surface area contributed by atoms with E-state index in [0.29, 0.717) is 6.54 Å². The molecule has 1 amide bonds. The molecule has 0 saturated carbocycles. The smallest absolute Gasteiger partial charge is 0.274 e. The Morgan fingerprint density at radius 1 is 1.50 bits per heavy atom. The van der Waals surface area contributed by atoms with E-state index in [1.807, 2.05) is 0 Å². The van der Waals surface area contributed by atoms with Gasteiger partial charge in [0.25, 0.3) is 5.69 Å². The number of nitro groups is 1. The van der Waals surface area contributed by atoms with Crippen LogP contribution >= 0.6 is 0 Å². The Balaban J connectivity index is 2.58. The average molecular weight is 255 g/mol. The largest absolute Gasteiger partial charge is 0.359 e. The number of amides is 1. The van der Waals surface area contributed by atoms with Crippen molar-refractivity contribution in [2.45, 2.75) is 13.0 Å². The molecule has 0 unspecified atom stereocenters. The molecule has 0 fully saturated rings. The van der Waals surface area contributed by atoms with Crippen LogP contribution in [0.25, 0.3) is 0 Å². The van der Waals surface area contributed by atoms with Crippen molar-refractivity contribution in [1.82, 2.24) is 10.6 Å². The molecule has 1 aromatic carbocycles. The highest BCUT2D eigenvalue weighted by atomic mass is 19.1. The minimum absolute atomic E-state index is 0.128. The molecule has 0 aromatic heterocycles. The van der Waals surface area contributed by atoms with Crippen LogP contribution in [-0.4, -0.2) is 24.4 Å². The summed E-state index contributed by atoms with van der Waals surface area (Å²) < 4.78 is 13.0. The first-order valence-corrected chi connectivity index (χ1v) is 5.38. The fourth-order valence-corrected chi connectivity index (χ4v) is 1.42. The summed E-state index contributed by atoms with van der Waals surface area (Å²) in [5, 5.41) is 16.0. The summed E-state index contributed by atoms with van der Waals surface area (Å²) in [6, 6.07) is 3.29. The van der Waals surface area contributed by atoms with Gasteiger partial charge in [0.2, 0.25) is 5.91 Å². The quantitative estimate of drug-likeness (QED) is 0.450. The van der Waals surface area contributed by atoms with Crippen LogP contribution < -0.4 is 10.6 Å². The molecule has 0 aliphatic heterocycles. The van der Waals surface area contributed by atoms with Gasteiger partial charge in [-0.3, -0.25) is 14.9 Å². The zero-order valence-electron chi connectivity index (χ0n) is 9.90. The Kier molecular flexibility index (Phi) is 5.19. The zero-order chi connectivity index (χ0) is 13.5. The molecule has 0 aliphatic rings. The van der Waals surface area contributed by atoms with Gasteiger partial charge < -0.3 is 10.6 Å². The SMILES string of the molecule is CNC(=O)CCNCc1cc(F)ccc1[N+](=O)[O-]. The van der Waals surface area contributed by atoms with E-state index < -0.39 is 10.7 Å². The van der Waals surface area contributed by atoms with Gasteiger partial charge in [0.05, 0.1) is 4.92 Å². The van der Waals surface area contributed by atoms with Crippen molar-refractivity contribution in [2.75, 3.05) is 13.6 Å². The molecule has 18 heavy (non-hydrogen) atoms. The van der Waals surface area contributed by atoms with Crippen molar-refractivity contribution in [3.8, 4) is 0 Å². The van der Waals surface area contributed by atoms with Gasteiger partial charge >= 0.3 is 0 Å². The second-order valence-corrected chi connectivity index (χ2v) is 3.63. The molecular formula is C11H14FN3O3. The van der Waals surface area contributed by atoms with E-state index in [1.54, 1.807) is 0 Å². The second kappa shape index (κ2) is 6.65. The summed E-state index contributed by atoms with van der Waals surface area (Å²) in [5.41, 5.74) is 0.126. The fourth-order valence-electron chi connectivity index (χ4n) is 1.42. The Labute approximate surface area is 103 Å². The highest BCUT2D eigenvalue weighted by molar-refractivity contribution is 5.75. The Morgan fingerprint density at radius 2 is 2.22 bits per heavy atom. The standard InChI is InChI=1S/C11H14FN3O3/c1-13-11(16)4-5-14-7-8-6-9(12)2-3-10(8)15(17)18/h2-3,6,14H,4-5,7H2,1H3,(H,13,16). The van der Waals surface area contributed by atoms with Crippen LogP contribution in [0.15, 0.2) is 18.2 Å². The number of carbonyl (C=O) groups is 1. The lowest BCUT2D eigenvalue weighted by atomic mass is 10.1. The van der Waals surface area contributed by atoms with E-state index in [-0.39, 0.29) is 30.1 Å². The van der Waals surface area contributed by atoms with E-state index in [4.69, 9.17) is 0 Å². The van der Waals surface area contributed by atoms with Gasteiger partial charge in [0.1, 0.15) is 5.82 Å². The molecule has 0 atom stereocenters. The van der Waals surface area contributed by atoms with Gasteiger partial charge in [-0.05, 0) is 12.1 Å². The number of benzene rings is 1. The lowest BCUT2D eigenvalue weighted by molar-refractivity contribution is -0.385. The van der Waals surface area contributed by atoms with E-state index in [9.17, 15) is 19.3 Å². The molecule has 7 heteroatoms. The lowest BCUT2D eigenvalue weighted by Gasteiger charge is -2.05. The molecule has 2 N–H and O–H groups in total. The Hall–Kier alpha value is -2.02. The normalized spacial score (nSPS) is 10.1. The highest BCUT2D eigenvalue weighted by Gasteiger charge is 2.13. The van der Waals surface area contributed by atoms with Gasteiger partial charge in [-0.2, -0.15) is 0 Å². The topological polar surface area (TPSA) is 84.3 Å². The van der Waals surface area contributed by atoms with E-state index >= 15 is 0 Å². The highest BCUT2D eigenvalue weighted by Crippen LogP contribution is 2.19. The minimum atomic E-state index is -0.560. The first kappa shape index (κ1) is 14.0. The average Bonchev–Trinajstić information content (AvgIpc) is 2.34. The number of rotatable bonds is 6. The second-order valence-electron chi connectivity index (χ2n) is 3.63. The summed E-state index contributed by atoms with van der Waals surface area (Å²) >= 11 is 0. The molecule has 0 heterocycles. The molecule has 6 nitrogen and oxygen atoms in total. The Morgan fingerprint density at radius 3 is 2.83 bits per heavy atom. The summed E-state index contributed by atoms with van der Waals surface area (Å²) in [6.45, 7) is 0.512. The van der Waals surface area contributed by atoms with Crippen LogP contribution in [0.3, 0.4) is 0 Å². The number of nitrogens with zero attached hydrogens (tertiary/aromatic N) is 1. The monoisotopic (exact) mass is 255 g/mol. The molecule has 98 valence electrons. The lowest BCUT2D eigenvalue weighted by Crippen LogP contribution is -2.24. The van der Waals surface area contributed by atoms with Crippen LogP contribution in [0, 0.1) is 15.9 Å². The van der Waals surface area contributed by atoms with Crippen molar-refractivity contribution in [3.05, 3.63) is 39.7 Å². The van der Waals surface area contributed by atoms with Crippen LogP contribution in [-0.2, 0) is 11.3 Å². The summed E-state index contributed by atoms with van der Waals surface area (Å²) in [5.74, 6) is -0.653. The summed E-state index contributed by atoms with van der Waals surface area (Å²) in [6.07, 6.45) is 0.264. The van der Waals surface area contributed by atoms with Gasteiger partial charge in [0.15, 0.2) is 0 Å². The van der Waals surface area contributed by atoms with Crippen molar-refractivity contribution >= 4 is 11.6 Å². The maximum atomic E-state index is 13.0. The first-order valence-electron chi connectivity index (χ1n) is 5.38. The van der Waals surface area contributed by atoms with Gasteiger partial charge in [-0.15, -0.1) is 0 Å². The Bertz CT molecular complexity index is 451. The third-order valence-electron chi connectivity index (χ3n) is 2.36. The zero-order valence-corrected chi connectivity index (χ0v) is 9.90. The van der Waals surface area contributed by atoms with Crippen molar-refractivity contribution in [1.29, 1.82) is 0 Å². The number of carbonyl (C=O) groups excluding carboxylic acids is 1. The molecule has 0 radical (unpaired) electrons. The van der Waals surface area contributed by atoms with Gasteiger partial charge in [-0.25, -0.2) is 4.39 Å². The molecule has 0 bridgehead atoms. The third kappa shape index (κ3) is 4.10. The van der Waals surface area contributed by atoms with Gasteiger partial charge in [0, 0.05) is 38.2 Å². The van der Waals surface area contributed by atoms with Crippen LogP contribution in [0.5, 0.6) is 0 Å². The number of nitro benzene ring substituents is 1. The van der Waals surface area contributed by atoms with Crippen LogP contribution in [0.2, 0.25) is 0 Å². The summed E-state index contributed by atoms with van der Waals surface area (Å²) in [4.78, 5) is 21.1. The predicted octanol–water partition coefficient (Wildman–Crippen LogP) is 0.960. The molecule has 0 aliphatic carbocycles. The molecular weight excluding hydrogens is 241 g/mol. The number of nitrogens with one attached hydrogen (secondary N) is 2.